The number of benzene rings is 2. The zero-order chi connectivity index (χ0) is 21.5. The Balaban J connectivity index is 1.66. The Bertz CT molecular complexity index is 1270. The van der Waals surface area contributed by atoms with Gasteiger partial charge < -0.3 is 9.30 Å². The minimum absolute atomic E-state index is 0.0855. The molecule has 0 spiro atoms. The smallest absolute Gasteiger partial charge is 0.279 e. The van der Waals surface area contributed by atoms with E-state index in [1.165, 1.54) is 39.9 Å². The molecule has 0 radical (unpaired) electrons. The number of methoxy groups -OCH3 is 1. The topological polar surface area (TPSA) is 81.0 Å². The van der Waals surface area contributed by atoms with Gasteiger partial charge in [-0.25, -0.2) is 8.42 Å². The summed E-state index contributed by atoms with van der Waals surface area (Å²) in [5.41, 5.74) is 1.33. The molecule has 1 aliphatic carbocycles. The molecular weight excluding hydrogens is 422 g/mol. The maximum atomic E-state index is 12.7. The van der Waals surface area contributed by atoms with Crippen LogP contribution in [0.4, 0.5) is 0 Å². The number of hydrogen-bond donors (Lipinski definition) is 0. The fourth-order valence-corrected chi connectivity index (χ4v) is 5.83. The summed E-state index contributed by atoms with van der Waals surface area (Å²) >= 11 is 1.42. The fourth-order valence-electron chi connectivity index (χ4n) is 3.29. The summed E-state index contributed by atoms with van der Waals surface area (Å²) in [6.07, 6.45) is 1.79. The number of aryl methyl sites for hydroxylation is 1. The van der Waals surface area contributed by atoms with Crippen LogP contribution in [0.3, 0.4) is 0 Å². The van der Waals surface area contributed by atoms with Crippen LogP contribution in [-0.4, -0.2) is 43.4 Å². The fraction of sp³-hybridized carbons (Fsp3) is 0.333. The van der Waals surface area contributed by atoms with Crippen LogP contribution in [0.5, 0.6) is 5.75 Å². The third kappa shape index (κ3) is 3.80. The number of amides is 1. The van der Waals surface area contributed by atoms with Crippen molar-refractivity contribution in [3.05, 3.63) is 52.8 Å². The number of ether oxygens (including phenoxy) is 1. The minimum Gasteiger partial charge on any atom is -0.497 e. The molecule has 7 nitrogen and oxygen atoms in total. The number of sulfonamides is 1. The van der Waals surface area contributed by atoms with Gasteiger partial charge in [-0.1, -0.05) is 11.3 Å². The average Bonchev–Trinajstić information content (AvgIpc) is 3.54. The predicted molar refractivity (Wildman–Crippen MR) is 116 cm³/mol. The standard InChI is InChI=1S/C21H23N3O4S2/c1-4-24-18-12-9-16(28-3)13-19(18)29-21(24)22-20(25)14-5-10-17(11-6-14)30(26,27)23(2)15-7-8-15/h5-6,9-13,15H,4,7-8H2,1-3H3. The van der Waals surface area contributed by atoms with Crippen molar-refractivity contribution in [3.8, 4) is 5.75 Å². The number of thiazole rings is 1. The SMILES string of the molecule is CCn1c(=NC(=O)c2ccc(S(=O)(=O)N(C)C3CC3)cc2)sc2cc(OC)ccc21. The third-order valence-corrected chi connectivity index (χ3v) is 8.21. The Morgan fingerprint density at radius 3 is 2.53 bits per heavy atom. The van der Waals surface area contributed by atoms with E-state index in [4.69, 9.17) is 4.74 Å². The molecule has 0 N–H and O–H groups in total. The van der Waals surface area contributed by atoms with Gasteiger partial charge in [-0.15, -0.1) is 0 Å². The quantitative estimate of drug-likeness (QED) is 0.583. The maximum absolute atomic E-state index is 12.7. The molecule has 0 unspecified atom stereocenters. The molecule has 1 saturated carbocycles. The molecule has 0 atom stereocenters. The molecule has 4 rings (SSSR count). The summed E-state index contributed by atoms with van der Waals surface area (Å²) in [6, 6.07) is 11.8. The Kier molecular flexibility index (Phi) is 5.52. The summed E-state index contributed by atoms with van der Waals surface area (Å²) in [6.45, 7) is 2.67. The van der Waals surface area contributed by atoms with Crippen LogP contribution in [0.15, 0.2) is 52.4 Å². The lowest BCUT2D eigenvalue weighted by Crippen LogP contribution is -2.28. The van der Waals surface area contributed by atoms with Crippen LogP contribution in [0.25, 0.3) is 10.2 Å². The number of carbonyl (C=O) groups excluding carboxylic acids is 1. The largest absolute Gasteiger partial charge is 0.497 e. The van der Waals surface area contributed by atoms with Crippen molar-refractivity contribution in [2.45, 2.75) is 37.2 Å². The van der Waals surface area contributed by atoms with Crippen molar-refractivity contribution in [1.29, 1.82) is 0 Å². The maximum Gasteiger partial charge on any atom is 0.279 e. The molecule has 0 bridgehead atoms. The first-order valence-electron chi connectivity index (χ1n) is 9.69. The van der Waals surface area contributed by atoms with E-state index in [9.17, 15) is 13.2 Å². The van der Waals surface area contributed by atoms with Gasteiger partial charge in [-0.2, -0.15) is 9.30 Å². The number of fused-ring (bicyclic) bond motifs is 1. The van der Waals surface area contributed by atoms with E-state index in [2.05, 4.69) is 4.99 Å². The third-order valence-electron chi connectivity index (χ3n) is 5.24. The zero-order valence-corrected chi connectivity index (χ0v) is 18.7. The molecule has 1 heterocycles. The van der Waals surface area contributed by atoms with Crippen LogP contribution in [0, 0.1) is 0 Å². The summed E-state index contributed by atoms with van der Waals surface area (Å²) in [4.78, 5) is 17.8. The molecule has 1 fully saturated rings. The van der Waals surface area contributed by atoms with Crippen molar-refractivity contribution in [2.24, 2.45) is 4.99 Å². The highest BCUT2D eigenvalue weighted by Gasteiger charge is 2.35. The molecule has 2 aromatic carbocycles. The summed E-state index contributed by atoms with van der Waals surface area (Å²) in [5, 5.41) is 0. The van der Waals surface area contributed by atoms with Gasteiger partial charge >= 0.3 is 0 Å². The highest BCUT2D eigenvalue weighted by Crippen LogP contribution is 2.30. The molecular formula is C21H23N3O4S2. The predicted octanol–water partition coefficient (Wildman–Crippen LogP) is 3.26. The number of aromatic nitrogens is 1. The summed E-state index contributed by atoms with van der Waals surface area (Å²) in [5.74, 6) is 0.341. The molecule has 1 aromatic heterocycles. The van der Waals surface area contributed by atoms with E-state index in [-0.39, 0.29) is 10.9 Å². The van der Waals surface area contributed by atoms with Crippen molar-refractivity contribution >= 4 is 37.5 Å². The van der Waals surface area contributed by atoms with E-state index in [0.29, 0.717) is 16.9 Å². The van der Waals surface area contributed by atoms with Crippen molar-refractivity contribution in [2.75, 3.05) is 14.2 Å². The molecule has 3 aromatic rings. The van der Waals surface area contributed by atoms with Gasteiger partial charge in [-0.05, 0) is 62.2 Å². The van der Waals surface area contributed by atoms with Gasteiger partial charge in [0, 0.05) is 25.2 Å². The van der Waals surface area contributed by atoms with E-state index in [0.717, 1.165) is 28.8 Å². The molecule has 30 heavy (non-hydrogen) atoms. The van der Waals surface area contributed by atoms with E-state index >= 15 is 0 Å². The Morgan fingerprint density at radius 2 is 1.93 bits per heavy atom. The van der Waals surface area contributed by atoms with Crippen LogP contribution in [-0.2, 0) is 16.6 Å². The second-order valence-corrected chi connectivity index (χ2v) is 10.2. The monoisotopic (exact) mass is 445 g/mol. The lowest BCUT2D eigenvalue weighted by molar-refractivity contribution is 0.0997. The van der Waals surface area contributed by atoms with Gasteiger partial charge in [0.2, 0.25) is 10.0 Å². The first-order valence-corrected chi connectivity index (χ1v) is 12.0. The van der Waals surface area contributed by atoms with Crippen LogP contribution < -0.4 is 9.54 Å². The van der Waals surface area contributed by atoms with Gasteiger partial charge in [0.25, 0.3) is 5.91 Å². The van der Waals surface area contributed by atoms with E-state index in [1.54, 1.807) is 14.2 Å². The molecule has 9 heteroatoms. The number of nitrogens with zero attached hydrogens (tertiary/aromatic N) is 3. The molecule has 0 aliphatic heterocycles. The summed E-state index contributed by atoms with van der Waals surface area (Å²) < 4.78 is 34.9. The number of hydrogen-bond acceptors (Lipinski definition) is 5. The molecule has 1 aliphatic rings. The number of rotatable bonds is 6. The second kappa shape index (κ2) is 7.98. The average molecular weight is 446 g/mol. The Morgan fingerprint density at radius 1 is 1.23 bits per heavy atom. The normalized spacial score (nSPS) is 15.1. The zero-order valence-electron chi connectivity index (χ0n) is 17.0. The lowest BCUT2D eigenvalue weighted by Gasteiger charge is -2.16. The Hall–Kier alpha value is -2.49. The second-order valence-electron chi connectivity index (χ2n) is 7.16. The van der Waals surface area contributed by atoms with E-state index in [1.807, 2.05) is 29.7 Å². The summed E-state index contributed by atoms with van der Waals surface area (Å²) in [7, 11) is -0.321. The molecule has 158 valence electrons. The van der Waals surface area contributed by atoms with Crippen molar-refractivity contribution < 1.29 is 17.9 Å². The van der Waals surface area contributed by atoms with Gasteiger partial charge in [-0.3, -0.25) is 4.79 Å². The van der Waals surface area contributed by atoms with Crippen molar-refractivity contribution in [3.63, 3.8) is 0 Å². The minimum atomic E-state index is -3.53. The molecule has 1 amide bonds. The highest BCUT2D eigenvalue weighted by atomic mass is 32.2. The van der Waals surface area contributed by atoms with Gasteiger partial charge in [0.1, 0.15) is 5.75 Å². The molecule has 0 saturated heterocycles. The van der Waals surface area contributed by atoms with Crippen LogP contribution >= 0.6 is 11.3 Å². The highest BCUT2D eigenvalue weighted by molar-refractivity contribution is 7.89. The van der Waals surface area contributed by atoms with Crippen LogP contribution in [0.1, 0.15) is 30.1 Å². The van der Waals surface area contributed by atoms with Gasteiger partial charge in [0.05, 0.1) is 22.2 Å². The Labute approximate surface area is 179 Å². The first kappa shape index (κ1) is 20.8. The van der Waals surface area contributed by atoms with E-state index < -0.39 is 15.9 Å². The van der Waals surface area contributed by atoms with Gasteiger partial charge in [0.15, 0.2) is 4.80 Å². The van der Waals surface area contributed by atoms with Crippen LogP contribution in [0.2, 0.25) is 0 Å². The lowest BCUT2D eigenvalue weighted by atomic mass is 10.2. The number of carbonyl (C=O) groups is 1. The van der Waals surface area contributed by atoms with Crippen molar-refractivity contribution in [1.82, 2.24) is 8.87 Å². The first-order chi connectivity index (χ1) is 14.3.